The number of H-pyrrole nitrogens is 1. The lowest BCUT2D eigenvalue weighted by atomic mass is 10.0. The van der Waals surface area contributed by atoms with Crippen molar-refractivity contribution in [3.8, 4) is 0 Å². The second-order valence-corrected chi connectivity index (χ2v) is 6.42. The van der Waals surface area contributed by atoms with Crippen LogP contribution in [-0.2, 0) is 11.2 Å². The van der Waals surface area contributed by atoms with Gasteiger partial charge in [0.1, 0.15) is 11.7 Å². The van der Waals surface area contributed by atoms with Crippen LogP contribution in [0.4, 0.5) is 0 Å². The van der Waals surface area contributed by atoms with Crippen molar-refractivity contribution in [2.75, 3.05) is 13.1 Å². The van der Waals surface area contributed by atoms with Crippen molar-refractivity contribution < 1.29 is 9.59 Å². The molecule has 1 aliphatic heterocycles. The van der Waals surface area contributed by atoms with E-state index in [0.717, 1.165) is 31.5 Å². The van der Waals surface area contributed by atoms with Gasteiger partial charge in [0.05, 0.1) is 5.02 Å². The SMILES string of the molecule is O=C(N[C@@H](Cc1ccccc1)C(=O)N1CCCC1)c1cc(Cl)c[nH]1. The number of nitrogens with one attached hydrogen (secondary N) is 2. The zero-order valence-electron chi connectivity index (χ0n) is 13.3. The minimum Gasteiger partial charge on any atom is -0.356 e. The topological polar surface area (TPSA) is 65.2 Å². The molecule has 6 heteroatoms. The predicted octanol–water partition coefficient (Wildman–Crippen LogP) is 2.63. The Morgan fingerprint density at radius 2 is 1.92 bits per heavy atom. The molecule has 0 bridgehead atoms. The molecule has 2 aromatic rings. The van der Waals surface area contributed by atoms with Gasteiger partial charge in [-0.05, 0) is 24.5 Å². The summed E-state index contributed by atoms with van der Waals surface area (Å²) in [6, 6.07) is 10.7. The lowest BCUT2D eigenvalue weighted by Crippen LogP contribution is -2.49. The minimum atomic E-state index is -0.583. The maximum atomic E-state index is 12.8. The quantitative estimate of drug-likeness (QED) is 0.875. The van der Waals surface area contributed by atoms with Crippen LogP contribution in [0.1, 0.15) is 28.9 Å². The third kappa shape index (κ3) is 3.97. The van der Waals surface area contributed by atoms with Crippen LogP contribution < -0.4 is 5.32 Å². The maximum absolute atomic E-state index is 12.8. The molecule has 2 heterocycles. The van der Waals surface area contributed by atoms with Crippen LogP contribution in [0.2, 0.25) is 5.02 Å². The second kappa shape index (κ2) is 7.53. The zero-order chi connectivity index (χ0) is 16.9. The number of benzene rings is 1. The average molecular weight is 346 g/mol. The third-order valence-electron chi connectivity index (χ3n) is 4.20. The Labute approximate surface area is 146 Å². The van der Waals surface area contributed by atoms with Gasteiger partial charge in [-0.25, -0.2) is 0 Å². The number of aromatic nitrogens is 1. The Kier molecular flexibility index (Phi) is 5.20. The number of aromatic amines is 1. The summed E-state index contributed by atoms with van der Waals surface area (Å²) in [4.78, 5) is 29.8. The van der Waals surface area contributed by atoms with Gasteiger partial charge in [0, 0.05) is 25.7 Å². The molecule has 0 spiro atoms. The first-order valence-corrected chi connectivity index (χ1v) is 8.49. The molecule has 3 rings (SSSR count). The largest absolute Gasteiger partial charge is 0.356 e. The first-order valence-electron chi connectivity index (χ1n) is 8.11. The number of amides is 2. The molecule has 1 saturated heterocycles. The van der Waals surface area contributed by atoms with Crippen LogP contribution in [0.3, 0.4) is 0 Å². The van der Waals surface area contributed by atoms with E-state index >= 15 is 0 Å². The van der Waals surface area contributed by atoms with Crippen LogP contribution in [0, 0.1) is 0 Å². The Bertz CT molecular complexity index is 708. The summed E-state index contributed by atoms with van der Waals surface area (Å²) in [5, 5.41) is 3.32. The molecule has 126 valence electrons. The Hall–Kier alpha value is -2.27. The fourth-order valence-corrected chi connectivity index (χ4v) is 3.11. The van der Waals surface area contributed by atoms with E-state index in [1.165, 1.54) is 0 Å². The molecule has 0 saturated carbocycles. The molecule has 1 aromatic carbocycles. The third-order valence-corrected chi connectivity index (χ3v) is 4.41. The summed E-state index contributed by atoms with van der Waals surface area (Å²) in [5.41, 5.74) is 1.37. The summed E-state index contributed by atoms with van der Waals surface area (Å²) < 4.78 is 0. The van der Waals surface area contributed by atoms with E-state index in [9.17, 15) is 9.59 Å². The smallest absolute Gasteiger partial charge is 0.268 e. The molecular formula is C18H20ClN3O2. The Morgan fingerprint density at radius 3 is 2.54 bits per heavy atom. The molecule has 1 fully saturated rings. The summed E-state index contributed by atoms with van der Waals surface area (Å²) in [6.45, 7) is 1.52. The first kappa shape index (κ1) is 16.6. The van der Waals surface area contributed by atoms with Crippen molar-refractivity contribution >= 4 is 23.4 Å². The molecule has 2 amide bonds. The molecule has 24 heavy (non-hydrogen) atoms. The van der Waals surface area contributed by atoms with Gasteiger partial charge in [-0.3, -0.25) is 9.59 Å². The van der Waals surface area contributed by atoms with Gasteiger partial charge < -0.3 is 15.2 Å². The molecule has 5 nitrogen and oxygen atoms in total. The number of carbonyl (C=O) groups is 2. The first-order chi connectivity index (χ1) is 11.6. The summed E-state index contributed by atoms with van der Waals surface area (Å²) in [6.07, 6.45) is 4.05. The van der Waals surface area contributed by atoms with E-state index in [0.29, 0.717) is 17.1 Å². The summed E-state index contributed by atoms with van der Waals surface area (Å²) in [5.74, 6) is -0.349. The Morgan fingerprint density at radius 1 is 1.21 bits per heavy atom. The van der Waals surface area contributed by atoms with Crippen molar-refractivity contribution in [2.24, 2.45) is 0 Å². The number of hydrogen-bond donors (Lipinski definition) is 2. The summed E-state index contributed by atoms with van der Waals surface area (Å²) in [7, 11) is 0. The monoisotopic (exact) mass is 345 g/mol. The van der Waals surface area contributed by atoms with Crippen molar-refractivity contribution in [2.45, 2.75) is 25.3 Å². The standard InChI is InChI=1S/C18H20ClN3O2/c19-14-11-15(20-12-14)17(23)21-16(10-13-6-2-1-3-7-13)18(24)22-8-4-5-9-22/h1-3,6-7,11-12,16,20H,4-5,8-10H2,(H,21,23)/t16-/m0/s1. The van der Waals surface area contributed by atoms with Gasteiger partial charge in [0.2, 0.25) is 5.91 Å². The zero-order valence-corrected chi connectivity index (χ0v) is 14.1. The van der Waals surface area contributed by atoms with E-state index < -0.39 is 6.04 Å². The Balaban J connectivity index is 1.75. The molecule has 2 N–H and O–H groups in total. The van der Waals surface area contributed by atoms with Crippen LogP contribution in [0.25, 0.3) is 0 Å². The fraction of sp³-hybridized carbons (Fsp3) is 0.333. The number of carbonyl (C=O) groups excluding carboxylic acids is 2. The highest BCUT2D eigenvalue weighted by Gasteiger charge is 2.28. The van der Waals surface area contributed by atoms with E-state index in [-0.39, 0.29) is 11.8 Å². The molecule has 0 unspecified atom stereocenters. The molecule has 0 radical (unpaired) electrons. The molecule has 1 aliphatic rings. The van der Waals surface area contributed by atoms with Gasteiger partial charge in [-0.1, -0.05) is 41.9 Å². The molecule has 1 atom stereocenters. The van der Waals surface area contributed by atoms with E-state index in [4.69, 9.17) is 11.6 Å². The van der Waals surface area contributed by atoms with Crippen LogP contribution in [0.15, 0.2) is 42.6 Å². The highest BCUT2D eigenvalue weighted by molar-refractivity contribution is 6.31. The molecule has 1 aromatic heterocycles. The molecule has 0 aliphatic carbocycles. The van der Waals surface area contributed by atoms with E-state index in [1.54, 1.807) is 12.3 Å². The van der Waals surface area contributed by atoms with Crippen LogP contribution in [0.5, 0.6) is 0 Å². The molecular weight excluding hydrogens is 326 g/mol. The van der Waals surface area contributed by atoms with E-state index in [1.807, 2.05) is 35.2 Å². The van der Waals surface area contributed by atoms with Crippen molar-refractivity contribution in [3.05, 3.63) is 58.9 Å². The lowest BCUT2D eigenvalue weighted by molar-refractivity contribution is -0.132. The number of nitrogens with zero attached hydrogens (tertiary/aromatic N) is 1. The van der Waals surface area contributed by atoms with Gasteiger partial charge in [-0.15, -0.1) is 0 Å². The van der Waals surface area contributed by atoms with Gasteiger partial charge in [0.25, 0.3) is 5.91 Å². The van der Waals surface area contributed by atoms with Crippen molar-refractivity contribution in [3.63, 3.8) is 0 Å². The highest BCUT2D eigenvalue weighted by atomic mass is 35.5. The van der Waals surface area contributed by atoms with Gasteiger partial charge >= 0.3 is 0 Å². The van der Waals surface area contributed by atoms with Gasteiger partial charge in [-0.2, -0.15) is 0 Å². The van der Waals surface area contributed by atoms with Crippen LogP contribution >= 0.6 is 11.6 Å². The normalized spacial score (nSPS) is 15.3. The second-order valence-electron chi connectivity index (χ2n) is 5.98. The van der Waals surface area contributed by atoms with E-state index in [2.05, 4.69) is 10.3 Å². The lowest BCUT2D eigenvalue weighted by Gasteiger charge is -2.24. The fourth-order valence-electron chi connectivity index (χ4n) is 2.94. The average Bonchev–Trinajstić information content (AvgIpc) is 3.26. The van der Waals surface area contributed by atoms with Crippen molar-refractivity contribution in [1.29, 1.82) is 0 Å². The number of hydrogen-bond acceptors (Lipinski definition) is 2. The maximum Gasteiger partial charge on any atom is 0.268 e. The van der Waals surface area contributed by atoms with Crippen molar-refractivity contribution in [1.82, 2.24) is 15.2 Å². The van der Waals surface area contributed by atoms with Crippen LogP contribution in [-0.4, -0.2) is 40.8 Å². The summed E-state index contributed by atoms with van der Waals surface area (Å²) >= 11 is 5.85. The highest BCUT2D eigenvalue weighted by Crippen LogP contribution is 2.14. The minimum absolute atomic E-state index is 0.0256. The predicted molar refractivity (Wildman–Crippen MR) is 93.0 cm³/mol. The number of rotatable bonds is 5. The number of likely N-dealkylation sites (tertiary alicyclic amines) is 1. The number of halogens is 1. The van der Waals surface area contributed by atoms with Gasteiger partial charge in [0.15, 0.2) is 0 Å².